The maximum atomic E-state index is 13.8. The van der Waals surface area contributed by atoms with Crippen molar-refractivity contribution in [1.82, 2.24) is 24.9 Å². The Hall–Kier alpha value is -4.08. The molecule has 3 amide bonds. The molecule has 5 rings (SSSR count). The fourth-order valence-corrected chi connectivity index (χ4v) is 5.89. The summed E-state index contributed by atoms with van der Waals surface area (Å²) in [6.45, 7) is 6.57. The van der Waals surface area contributed by atoms with Crippen LogP contribution in [0.3, 0.4) is 0 Å². The average Bonchev–Trinajstić information content (AvgIpc) is 3.57. The first-order chi connectivity index (χ1) is 19.8. The van der Waals surface area contributed by atoms with Crippen molar-refractivity contribution in [2.45, 2.75) is 52.5 Å². The Labute approximate surface area is 240 Å². The molecule has 1 spiro atoms. The Balaban J connectivity index is 1.23. The summed E-state index contributed by atoms with van der Waals surface area (Å²) in [6, 6.07) is 12.7. The monoisotopic (exact) mass is 561 g/mol. The fourth-order valence-electron chi connectivity index (χ4n) is 5.89. The lowest BCUT2D eigenvalue weighted by molar-refractivity contribution is -0.144. The van der Waals surface area contributed by atoms with Gasteiger partial charge in [-0.1, -0.05) is 18.6 Å². The molecule has 10 heteroatoms. The minimum Gasteiger partial charge on any atom is -0.491 e. The first kappa shape index (κ1) is 28.4. The minimum absolute atomic E-state index is 0.0905. The number of amides is 3. The number of nitrogens with one attached hydrogen (secondary N) is 1. The van der Waals surface area contributed by atoms with Gasteiger partial charge in [-0.25, -0.2) is 0 Å². The summed E-state index contributed by atoms with van der Waals surface area (Å²) in [5.74, 6) is 1.27. The number of hydrogen-bond acceptors (Lipinski definition) is 6. The number of likely N-dealkylation sites (tertiary alicyclic amines) is 1. The molecule has 41 heavy (non-hydrogen) atoms. The van der Waals surface area contributed by atoms with E-state index in [1.807, 2.05) is 49.8 Å². The maximum absolute atomic E-state index is 13.8. The third kappa shape index (κ3) is 6.31. The van der Waals surface area contributed by atoms with Crippen molar-refractivity contribution in [2.24, 2.45) is 5.41 Å². The summed E-state index contributed by atoms with van der Waals surface area (Å²) in [4.78, 5) is 43.4. The molecule has 0 bridgehead atoms. The van der Waals surface area contributed by atoms with Gasteiger partial charge in [0.1, 0.15) is 18.1 Å². The second-order valence-electron chi connectivity index (χ2n) is 11.2. The van der Waals surface area contributed by atoms with Crippen LogP contribution in [-0.4, -0.2) is 77.1 Å². The van der Waals surface area contributed by atoms with Crippen LogP contribution in [0.1, 0.15) is 70.2 Å². The number of likely N-dealkylation sites (N-methyl/N-ethyl adjacent to an activating group) is 1. The predicted molar refractivity (Wildman–Crippen MR) is 153 cm³/mol. The molecule has 2 aliphatic heterocycles. The molecular formula is C31H39N5O5. The van der Waals surface area contributed by atoms with E-state index in [1.54, 1.807) is 28.0 Å². The highest BCUT2D eigenvalue weighted by atomic mass is 16.5. The van der Waals surface area contributed by atoms with Crippen molar-refractivity contribution in [3.63, 3.8) is 0 Å². The van der Waals surface area contributed by atoms with Crippen LogP contribution in [0.5, 0.6) is 5.75 Å². The van der Waals surface area contributed by atoms with E-state index in [9.17, 15) is 14.4 Å². The van der Waals surface area contributed by atoms with Crippen molar-refractivity contribution in [3.05, 3.63) is 70.9 Å². The highest BCUT2D eigenvalue weighted by molar-refractivity contribution is 5.97. The number of aromatic nitrogens is 2. The number of hydrogen-bond donors (Lipinski definition) is 1. The molecule has 1 N–H and O–H groups in total. The van der Waals surface area contributed by atoms with E-state index in [4.69, 9.17) is 9.15 Å². The highest BCUT2D eigenvalue weighted by Crippen LogP contribution is 2.39. The Kier molecular flexibility index (Phi) is 8.46. The van der Waals surface area contributed by atoms with E-state index < -0.39 is 5.41 Å². The summed E-state index contributed by atoms with van der Waals surface area (Å²) in [6.07, 6.45) is 3.44. The van der Waals surface area contributed by atoms with Crippen LogP contribution in [0, 0.1) is 19.3 Å². The SMILES string of the molecule is Cc1cc(C)n(Cc2ccc(C(=O)N3CCC4(CCCCNC(=O)c5ccccc5OCCN(C)C4=O)CC3)o2)n1. The third-order valence-electron chi connectivity index (χ3n) is 8.27. The quantitative estimate of drug-likeness (QED) is 0.521. The summed E-state index contributed by atoms with van der Waals surface area (Å²) in [5, 5.41) is 7.45. The lowest BCUT2D eigenvalue weighted by atomic mass is 9.73. The first-order valence-electron chi connectivity index (χ1n) is 14.4. The number of furan rings is 1. The van der Waals surface area contributed by atoms with Gasteiger partial charge in [0.2, 0.25) is 5.91 Å². The molecule has 0 aliphatic carbocycles. The molecule has 0 unspecified atom stereocenters. The van der Waals surface area contributed by atoms with Crippen molar-refractivity contribution >= 4 is 17.7 Å². The summed E-state index contributed by atoms with van der Waals surface area (Å²) in [7, 11) is 1.81. The van der Waals surface area contributed by atoms with Gasteiger partial charge in [-0.15, -0.1) is 0 Å². The number of carbonyl (C=O) groups excluding carboxylic acids is 3. The van der Waals surface area contributed by atoms with Crippen molar-refractivity contribution in [2.75, 3.05) is 39.8 Å². The van der Waals surface area contributed by atoms with Gasteiger partial charge in [0.15, 0.2) is 5.76 Å². The van der Waals surface area contributed by atoms with Crippen molar-refractivity contribution in [1.29, 1.82) is 0 Å². The smallest absolute Gasteiger partial charge is 0.289 e. The molecule has 2 aliphatic rings. The maximum Gasteiger partial charge on any atom is 0.289 e. The van der Waals surface area contributed by atoms with Gasteiger partial charge < -0.3 is 24.3 Å². The van der Waals surface area contributed by atoms with Crippen LogP contribution < -0.4 is 10.1 Å². The molecule has 0 atom stereocenters. The molecule has 1 saturated heterocycles. The van der Waals surface area contributed by atoms with E-state index in [0.29, 0.717) is 74.8 Å². The number of ether oxygens (including phenoxy) is 1. The zero-order valence-electron chi connectivity index (χ0n) is 24.1. The first-order valence-corrected chi connectivity index (χ1v) is 14.4. The Morgan fingerprint density at radius 2 is 1.80 bits per heavy atom. The molecular weight excluding hydrogens is 522 g/mol. The van der Waals surface area contributed by atoms with Crippen molar-refractivity contribution < 1.29 is 23.5 Å². The summed E-state index contributed by atoms with van der Waals surface area (Å²) >= 11 is 0. The molecule has 218 valence electrons. The fraction of sp³-hybridized carbons (Fsp3) is 0.484. The van der Waals surface area contributed by atoms with E-state index in [0.717, 1.165) is 24.2 Å². The van der Waals surface area contributed by atoms with Gasteiger partial charge >= 0.3 is 0 Å². The number of para-hydroxylation sites is 1. The molecule has 1 aromatic carbocycles. The largest absolute Gasteiger partial charge is 0.491 e. The molecule has 0 saturated carbocycles. The molecule has 1 fully saturated rings. The Morgan fingerprint density at radius 1 is 1.02 bits per heavy atom. The average molecular weight is 562 g/mol. The van der Waals surface area contributed by atoms with Gasteiger partial charge in [0, 0.05) is 32.4 Å². The number of nitrogens with zero attached hydrogens (tertiary/aromatic N) is 4. The van der Waals surface area contributed by atoms with Gasteiger partial charge in [-0.05, 0) is 69.9 Å². The van der Waals surface area contributed by atoms with Gasteiger partial charge in [0.05, 0.1) is 29.8 Å². The molecule has 3 aromatic rings. The molecule has 10 nitrogen and oxygen atoms in total. The highest BCUT2D eigenvalue weighted by Gasteiger charge is 2.43. The number of fused-ring (bicyclic) bond motifs is 1. The number of benzene rings is 1. The Bertz CT molecular complexity index is 1400. The number of carbonyl (C=O) groups is 3. The standard InChI is InChI=1S/C31H39N5O5/c1-22-20-23(2)36(33-22)21-24-10-11-27(41-24)29(38)35-16-13-31(14-17-35)12-6-7-15-32-28(37)25-8-4-5-9-26(25)40-19-18-34(3)30(31)39/h4-5,8-11,20H,6-7,12-19,21H2,1-3H3,(H,32,37). The predicted octanol–water partition coefficient (Wildman–Crippen LogP) is 3.81. The van der Waals surface area contributed by atoms with Crippen LogP contribution in [0.15, 0.2) is 46.9 Å². The third-order valence-corrected chi connectivity index (χ3v) is 8.27. The van der Waals surface area contributed by atoms with Gasteiger partial charge in [0.25, 0.3) is 11.8 Å². The van der Waals surface area contributed by atoms with Crippen LogP contribution in [-0.2, 0) is 11.3 Å². The normalized spacial score (nSPS) is 18.4. The second-order valence-corrected chi connectivity index (χ2v) is 11.2. The molecule has 0 radical (unpaired) electrons. The zero-order valence-corrected chi connectivity index (χ0v) is 24.1. The topological polar surface area (TPSA) is 110 Å². The lowest BCUT2D eigenvalue weighted by Crippen LogP contribution is -2.51. The zero-order chi connectivity index (χ0) is 29.0. The van der Waals surface area contributed by atoms with Crippen LogP contribution in [0.4, 0.5) is 0 Å². The van der Waals surface area contributed by atoms with Crippen molar-refractivity contribution in [3.8, 4) is 5.75 Å². The van der Waals surface area contributed by atoms with Crippen LogP contribution in [0.2, 0.25) is 0 Å². The minimum atomic E-state index is -0.554. The van der Waals surface area contributed by atoms with Gasteiger partial charge in [-0.2, -0.15) is 5.10 Å². The van der Waals surface area contributed by atoms with Crippen LogP contribution in [0.25, 0.3) is 0 Å². The van der Waals surface area contributed by atoms with Crippen LogP contribution >= 0.6 is 0 Å². The van der Waals surface area contributed by atoms with E-state index in [-0.39, 0.29) is 24.3 Å². The Morgan fingerprint density at radius 3 is 2.56 bits per heavy atom. The summed E-state index contributed by atoms with van der Waals surface area (Å²) in [5.41, 5.74) is 1.92. The second kappa shape index (κ2) is 12.2. The number of piperidine rings is 1. The number of rotatable bonds is 3. The van der Waals surface area contributed by atoms with E-state index in [2.05, 4.69) is 10.4 Å². The molecule has 2 aromatic heterocycles. The number of aryl methyl sites for hydroxylation is 2. The lowest BCUT2D eigenvalue weighted by Gasteiger charge is -2.42. The van der Waals surface area contributed by atoms with E-state index in [1.165, 1.54) is 0 Å². The van der Waals surface area contributed by atoms with Gasteiger partial charge in [-0.3, -0.25) is 19.1 Å². The molecule has 4 heterocycles. The van der Waals surface area contributed by atoms with E-state index >= 15 is 0 Å². The summed E-state index contributed by atoms with van der Waals surface area (Å²) < 4.78 is 13.7.